The number of ether oxygens (including phenoxy) is 4. The first-order valence-electron chi connectivity index (χ1n) is 7.53. The van der Waals surface area contributed by atoms with Gasteiger partial charge in [-0.2, -0.15) is 0 Å². The predicted octanol–water partition coefficient (Wildman–Crippen LogP) is 2.47. The molecule has 0 radical (unpaired) electrons. The van der Waals surface area contributed by atoms with E-state index in [1.807, 2.05) is 6.07 Å². The van der Waals surface area contributed by atoms with Crippen LogP contribution in [0, 0.1) is 0 Å². The van der Waals surface area contributed by atoms with Crippen LogP contribution in [0.5, 0.6) is 11.5 Å². The Hall–Kier alpha value is -3.02. The van der Waals surface area contributed by atoms with Gasteiger partial charge in [0, 0.05) is 0 Å². The van der Waals surface area contributed by atoms with Crippen molar-refractivity contribution in [1.29, 1.82) is 0 Å². The van der Waals surface area contributed by atoms with Crippen molar-refractivity contribution in [3.05, 3.63) is 59.7 Å². The molecule has 0 fully saturated rings. The van der Waals surface area contributed by atoms with E-state index in [1.165, 1.54) is 0 Å². The van der Waals surface area contributed by atoms with E-state index < -0.39 is 11.9 Å². The molecule has 0 atom stereocenters. The maximum Gasteiger partial charge on any atom is 0.338 e. The van der Waals surface area contributed by atoms with Crippen LogP contribution in [0.4, 0.5) is 0 Å². The summed E-state index contributed by atoms with van der Waals surface area (Å²) in [4.78, 5) is 23.7. The van der Waals surface area contributed by atoms with Crippen LogP contribution in [0.2, 0.25) is 0 Å². The first-order chi connectivity index (χ1) is 11.7. The van der Waals surface area contributed by atoms with Crippen LogP contribution in [0.3, 0.4) is 0 Å². The monoisotopic (exact) mass is 328 g/mol. The molecule has 2 aromatic rings. The molecule has 24 heavy (non-hydrogen) atoms. The molecule has 6 nitrogen and oxygen atoms in total. The molecular formula is C18H16O6. The van der Waals surface area contributed by atoms with Gasteiger partial charge in [-0.05, 0) is 30.3 Å². The van der Waals surface area contributed by atoms with E-state index >= 15 is 0 Å². The molecule has 0 aromatic heterocycles. The summed E-state index contributed by atoms with van der Waals surface area (Å²) in [5.41, 5.74) is 0.810. The first kappa shape index (κ1) is 15.9. The van der Waals surface area contributed by atoms with Gasteiger partial charge < -0.3 is 18.9 Å². The number of hydrogen-bond donors (Lipinski definition) is 0. The van der Waals surface area contributed by atoms with Gasteiger partial charge in [-0.3, -0.25) is 0 Å². The van der Waals surface area contributed by atoms with Crippen molar-refractivity contribution in [2.75, 3.05) is 26.4 Å². The van der Waals surface area contributed by atoms with Gasteiger partial charge in [-0.1, -0.05) is 18.2 Å². The lowest BCUT2D eigenvalue weighted by atomic mass is 10.2. The number of hydrogen-bond acceptors (Lipinski definition) is 6. The normalized spacial score (nSPS) is 12.3. The van der Waals surface area contributed by atoms with E-state index in [1.54, 1.807) is 42.5 Å². The minimum Gasteiger partial charge on any atom is -0.486 e. The number of benzene rings is 2. The number of rotatable bonds is 5. The molecule has 0 saturated carbocycles. The predicted molar refractivity (Wildman–Crippen MR) is 84.4 cm³/mol. The summed E-state index contributed by atoms with van der Waals surface area (Å²) < 4.78 is 20.9. The van der Waals surface area contributed by atoms with E-state index in [4.69, 9.17) is 18.9 Å². The molecule has 3 rings (SSSR count). The molecule has 2 aromatic carbocycles. The molecule has 0 spiro atoms. The van der Waals surface area contributed by atoms with Crippen molar-refractivity contribution >= 4 is 11.9 Å². The van der Waals surface area contributed by atoms with Gasteiger partial charge in [-0.15, -0.1) is 0 Å². The zero-order chi connectivity index (χ0) is 16.8. The van der Waals surface area contributed by atoms with Crippen LogP contribution in [0.1, 0.15) is 20.7 Å². The zero-order valence-corrected chi connectivity index (χ0v) is 12.9. The summed E-state index contributed by atoms with van der Waals surface area (Å²) in [5, 5.41) is 0. The van der Waals surface area contributed by atoms with Gasteiger partial charge in [0.25, 0.3) is 0 Å². The second-order valence-corrected chi connectivity index (χ2v) is 5.00. The molecule has 1 aliphatic rings. The molecule has 0 unspecified atom stereocenters. The van der Waals surface area contributed by atoms with E-state index in [9.17, 15) is 9.59 Å². The SMILES string of the molecule is O=C(OCCOC(=O)c1ccc2c(c1)OCCO2)c1ccccc1. The molecule has 0 saturated heterocycles. The average molecular weight is 328 g/mol. The van der Waals surface area contributed by atoms with Gasteiger partial charge >= 0.3 is 11.9 Å². The summed E-state index contributed by atoms with van der Waals surface area (Å²) in [5.74, 6) is 0.162. The Balaban J connectivity index is 1.47. The highest BCUT2D eigenvalue weighted by molar-refractivity contribution is 5.90. The van der Waals surface area contributed by atoms with Crippen LogP contribution in [0.25, 0.3) is 0 Å². The van der Waals surface area contributed by atoms with Crippen LogP contribution >= 0.6 is 0 Å². The molecule has 1 heterocycles. The lowest BCUT2D eigenvalue weighted by Crippen LogP contribution is -2.17. The fourth-order valence-corrected chi connectivity index (χ4v) is 2.18. The smallest absolute Gasteiger partial charge is 0.338 e. The minimum absolute atomic E-state index is 0.00990. The van der Waals surface area contributed by atoms with E-state index in [0.29, 0.717) is 35.8 Å². The van der Waals surface area contributed by atoms with E-state index in [-0.39, 0.29) is 13.2 Å². The lowest BCUT2D eigenvalue weighted by molar-refractivity contribution is 0.0265. The van der Waals surface area contributed by atoms with Crippen LogP contribution < -0.4 is 9.47 Å². The maximum absolute atomic E-state index is 12.0. The number of esters is 2. The second-order valence-electron chi connectivity index (χ2n) is 5.00. The Kier molecular flexibility index (Phi) is 4.96. The Morgan fingerprint density at radius 1 is 0.792 bits per heavy atom. The molecular weight excluding hydrogens is 312 g/mol. The molecule has 0 aliphatic carbocycles. The van der Waals surface area contributed by atoms with Gasteiger partial charge in [0.1, 0.15) is 26.4 Å². The van der Waals surface area contributed by atoms with E-state index in [2.05, 4.69) is 0 Å². The highest BCUT2D eigenvalue weighted by Crippen LogP contribution is 2.30. The Morgan fingerprint density at radius 3 is 2.12 bits per heavy atom. The zero-order valence-electron chi connectivity index (χ0n) is 12.9. The van der Waals surface area contributed by atoms with Crippen LogP contribution in [-0.4, -0.2) is 38.4 Å². The largest absolute Gasteiger partial charge is 0.486 e. The van der Waals surface area contributed by atoms with Gasteiger partial charge in [0.15, 0.2) is 11.5 Å². The molecule has 6 heteroatoms. The maximum atomic E-state index is 12.0. The Morgan fingerprint density at radius 2 is 1.42 bits per heavy atom. The third-order valence-electron chi connectivity index (χ3n) is 3.34. The lowest BCUT2D eigenvalue weighted by Gasteiger charge is -2.18. The van der Waals surface area contributed by atoms with Crippen molar-refractivity contribution < 1.29 is 28.5 Å². The summed E-state index contributed by atoms with van der Waals surface area (Å²) in [6.45, 7) is 0.903. The molecule has 0 amide bonds. The van der Waals surface area contributed by atoms with Crippen LogP contribution in [-0.2, 0) is 9.47 Å². The third-order valence-corrected chi connectivity index (χ3v) is 3.34. The van der Waals surface area contributed by atoms with Crippen molar-refractivity contribution in [3.63, 3.8) is 0 Å². The van der Waals surface area contributed by atoms with E-state index in [0.717, 1.165) is 0 Å². The fourth-order valence-electron chi connectivity index (χ4n) is 2.18. The highest BCUT2D eigenvalue weighted by atomic mass is 16.6. The number of carbonyl (C=O) groups excluding carboxylic acids is 2. The Bertz CT molecular complexity index is 726. The van der Waals surface area contributed by atoms with Crippen molar-refractivity contribution in [2.45, 2.75) is 0 Å². The van der Waals surface area contributed by atoms with Crippen molar-refractivity contribution in [2.24, 2.45) is 0 Å². The highest BCUT2D eigenvalue weighted by Gasteiger charge is 2.16. The van der Waals surface area contributed by atoms with Crippen molar-refractivity contribution in [3.8, 4) is 11.5 Å². The second kappa shape index (κ2) is 7.50. The average Bonchev–Trinajstić information content (AvgIpc) is 2.65. The Labute approximate surface area is 138 Å². The number of fused-ring (bicyclic) bond motifs is 1. The van der Waals surface area contributed by atoms with Gasteiger partial charge in [0.2, 0.25) is 0 Å². The molecule has 0 N–H and O–H groups in total. The topological polar surface area (TPSA) is 71.1 Å². The minimum atomic E-state index is -0.511. The molecule has 1 aliphatic heterocycles. The fraction of sp³-hybridized carbons (Fsp3) is 0.222. The van der Waals surface area contributed by atoms with Crippen molar-refractivity contribution in [1.82, 2.24) is 0 Å². The molecule has 0 bridgehead atoms. The van der Waals surface area contributed by atoms with Gasteiger partial charge in [-0.25, -0.2) is 9.59 Å². The summed E-state index contributed by atoms with van der Waals surface area (Å²) in [6.07, 6.45) is 0. The third kappa shape index (κ3) is 3.84. The quantitative estimate of drug-likeness (QED) is 0.620. The van der Waals surface area contributed by atoms with Crippen LogP contribution in [0.15, 0.2) is 48.5 Å². The molecule has 124 valence electrons. The summed E-state index contributed by atoms with van der Waals surface area (Å²) in [7, 11) is 0. The summed E-state index contributed by atoms with van der Waals surface area (Å²) >= 11 is 0. The standard InChI is InChI=1S/C18H16O6/c19-17(13-4-2-1-3-5-13)23-10-11-24-18(20)14-6-7-15-16(12-14)22-9-8-21-15/h1-7,12H,8-11H2. The summed E-state index contributed by atoms with van der Waals surface area (Å²) in [6, 6.07) is 13.5. The van der Waals surface area contributed by atoms with Gasteiger partial charge in [0.05, 0.1) is 11.1 Å². The number of carbonyl (C=O) groups is 2. The first-order valence-corrected chi connectivity index (χ1v) is 7.53.